The van der Waals surface area contributed by atoms with Gasteiger partial charge in [-0.2, -0.15) is 0 Å². The van der Waals surface area contributed by atoms with Crippen molar-refractivity contribution in [3.63, 3.8) is 0 Å². The minimum absolute atomic E-state index is 0.233. The lowest BCUT2D eigenvalue weighted by Gasteiger charge is -2.02. The van der Waals surface area contributed by atoms with Crippen LogP contribution in [0.15, 0.2) is 55.0 Å². The molecule has 1 N–H and O–H groups in total. The highest BCUT2D eigenvalue weighted by Gasteiger charge is 2.07. The smallest absolute Gasteiger partial charge is 0.251 e. The summed E-state index contributed by atoms with van der Waals surface area (Å²) in [5, 5.41) is 10.7. The molecule has 0 spiro atoms. The second-order valence-corrected chi connectivity index (χ2v) is 4.56. The van der Waals surface area contributed by atoms with Crippen LogP contribution in [0.3, 0.4) is 0 Å². The molecule has 1 aromatic carbocycles. The van der Waals surface area contributed by atoms with Crippen LogP contribution in [0.25, 0.3) is 5.69 Å². The molecule has 0 bridgehead atoms. The van der Waals surface area contributed by atoms with E-state index < -0.39 is 0 Å². The fourth-order valence-electron chi connectivity index (χ4n) is 1.87. The van der Waals surface area contributed by atoms with Gasteiger partial charge in [-0.25, -0.2) is 9.07 Å². The van der Waals surface area contributed by atoms with Crippen molar-refractivity contribution in [1.29, 1.82) is 0 Å². The molecule has 2 aromatic heterocycles. The van der Waals surface area contributed by atoms with Crippen molar-refractivity contribution >= 4 is 5.91 Å². The number of aromatic nitrogens is 4. The average Bonchev–Trinajstić information content (AvgIpc) is 3.03. The number of carbonyl (C=O) groups excluding carboxylic acids is 1. The fourth-order valence-corrected chi connectivity index (χ4v) is 1.87. The Kier molecular flexibility index (Phi) is 3.86. The topological polar surface area (TPSA) is 72.7 Å². The molecule has 0 atom stereocenters. The van der Waals surface area contributed by atoms with Gasteiger partial charge in [-0.15, -0.1) is 5.10 Å². The van der Waals surface area contributed by atoms with Gasteiger partial charge in [-0.3, -0.25) is 9.78 Å². The van der Waals surface area contributed by atoms with Crippen LogP contribution in [0.4, 0.5) is 4.39 Å². The third kappa shape index (κ3) is 3.14. The molecule has 0 unspecified atom stereocenters. The van der Waals surface area contributed by atoms with Gasteiger partial charge in [0.2, 0.25) is 0 Å². The first kappa shape index (κ1) is 13.9. The van der Waals surface area contributed by atoms with Gasteiger partial charge in [-0.05, 0) is 36.4 Å². The summed E-state index contributed by atoms with van der Waals surface area (Å²) in [7, 11) is 0. The SMILES string of the molecule is O=C(NCc1cn(-c2cccnc2)nn1)c1ccc(F)cc1. The zero-order valence-electron chi connectivity index (χ0n) is 11.5. The maximum Gasteiger partial charge on any atom is 0.251 e. The van der Waals surface area contributed by atoms with Gasteiger partial charge in [0.25, 0.3) is 5.91 Å². The van der Waals surface area contributed by atoms with Crippen molar-refractivity contribution in [2.24, 2.45) is 0 Å². The van der Waals surface area contributed by atoms with Crippen LogP contribution in [0.5, 0.6) is 0 Å². The number of pyridine rings is 1. The summed E-state index contributed by atoms with van der Waals surface area (Å²) in [5.74, 6) is -0.674. The Morgan fingerprint density at radius 3 is 2.77 bits per heavy atom. The number of benzene rings is 1. The third-order valence-electron chi connectivity index (χ3n) is 2.99. The van der Waals surface area contributed by atoms with E-state index >= 15 is 0 Å². The Balaban J connectivity index is 1.64. The number of halogens is 1. The Morgan fingerprint density at radius 2 is 2.05 bits per heavy atom. The summed E-state index contributed by atoms with van der Waals surface area (Å²) in [6.07, 6.45) is 5.04. The van der Waals surface area contributed by atoms with Crippen LogP contribution in [0, 0.1) is 5.82 Å². The Labute approximate surface area is 125 Å². The molecule has 0 radical (unpaired) electrons. The number of rotatable bonds is 4. The first-order chi connectivity index (χ1) is 10.7. The molecule has 0 saturated carbocycles. The zero-order chi connectivity index (χ0) is 15.4. The van der Waals surface area contributed by atoms with E-state index in [0.29, 0.717) is 11.3 Å². The number of carbonyl (C=O) groups is 1. The summed E-state index contributed by atoms with van der Waals surface area (Å²) in [6, 6.07) is 8.99. The van der Waals surface area contributed by atoms with E-state index in [4.69, 9.17) is 0 Å². The predicted octanol–water partition coefficient (Wildman–Crippen LogP) is 1.73. The molecule has 3 aromatic rings. The number of nitrogens with one attached hydrogen (secondary N) is 1. The number of amides is 1. The second kappa shape index (κ2) is 6.13. The van der Waals surface area contributed by atoms with Gasteiger partial charge in [0.1, 0.15) is 11.5 Å². The van der Waals surface area contributed by atoms with E-state index in [-0.39, 0.29) is 18.3 Å². The van der Waals surface area contributed by atoms with Crippen LogP contribution in [0.1, 0.15) is 16.1 Å². The molecule has 3 rings (SSSR count). The van der Waals surface area contributed by atoms with E-state index in [9.17, 15) is 9.18 Å². The van der Waals surface area contributed by atoms with Crippen LogP contribution < -0.4 is 5.32 Å². The van der Waals surface area contributed by atoms with E-state index in [1.807, 2.05) is 6.07 Å². The van der Waals surface area contributed by atoms with Crippen LogP contribution in [-0.2, 0) is 6.54 Å². The van der Waals surface area contributed by atoms with Crippen molar-refractivity contribution in [3.8, 4) is 5.69 Å². The van der Waals surface area contributed by atoms with Gasteiger partial charge < -0.3 is 5.32 Å². The zero-order valence-corrected chi connectivity index (χ0v) is 11.5. The molecule has 0 aliphatic rings. The summed E-state index contributed by atoms with van der Waals surface area (Å²) in [4.78, 5) is 15.9. The molecule has 0 aliphatic carbocycles. The van der Waals surface area contributed by atoms with Crippen molar-refractivity contribution in [2.45, 2.75) is 6.54 Å². The van der Waals surface area contributed by atoms with Gasteiger partial charge in [0, 0.05) is 11.8 Å². The Hall–Kier alpha value is -3.09. The molecule has 22 heavy (non-hydrogen) atoms. The summed E-state index contributed by atoms with van der Waals surface area (Å²) in [5.41, 5.74) is 1.78. The fraction of sp³-hybridized carbons (Fsp3) is 0.0667. The maximum atomic E-state index is 12.8. The van der Waals surface area contributed by atoms with E-state index in [1.54, 1.807) is 29.3 Å². The lowest BCUT2D eigenvalue weighted by molar-refractivity contribution is 0.0950. The van der Waals surface area contributed by atoms with Crippen molar-refractivity contribution in [2.75, 3.05) is 0 Å². The van der Waals surface area contributed by atoms with Crippen LogP contribution >= 0.6 is 0 Å². The molecular formula is C15H12FN5O. The van der Waals surface area contributed by atoms with Gasteiger partial charge in [0.05, 0.1) is 24.6 Å². The van der Waals surface area contributed by atoms with Crippen LogP contribution in [-0.4, -0.2) is 25.9 Å². The predicted molar refractivity (Wildman–Crippen MR) is 76.7 cm³/mol. The third-order valence-corrected chi connectivity index (χ3v) is 2.99. The van der Waals surface area contributed by atoms with Crippen LogP contribution in [0.2, 0.25) is 0 Å². The molecule has 0 saturated heterocycles. The quantitative estimate of drug-likeness (QED) is 0.796. The maximum absolute atomic E-state index is 12.8. The van der Waals surface area contributed by atoms with E-state index in [0.717, 1.165) is 5.69 Å². The van der Waals surface area contributed by atoms with Crippen molar-refractivity contribution < 1.29 is 9.18 Å². The molecular weight excluding hydrogens is 285 g/mol. The second-order valence-electron chi connectivity index (χ2n) is 4.56. The Morgan fingerprint density at radius 1 is 1.23 bits per heavy atom. The monoisotopic (exact) mass is 297 g/mol. The molecule has 2 heterocycles. The average molecular weight is 297 g/mol. The van der Waals surface area contributed by atoms with Crippen molar-refractivity contribution in [3.05, 3.63) is 72.1 Å². The highest BCUT2D eigenvalue weighted by atomic mass is 19.1. The van der Waals surface area contributed by atoms with Crippen molar-refractivity contribution in [1.82, 2.24) is 25.3 Å². The first-order valence-electron chi connectivity index (χ1n) is 6.58. The highest BCUT2D eigenvalue weighted by molar-refractivity contribution is 5.94. The molecule has 6 nitrogen and oxygen atoms in total. The number of nitrogens with zero attached hydrogens (tertiary/aromatic N) is 4. The summed E-state index contributed by atoms with van der Waals surface area (Å²) in [6.45, 7) is 0.233. The summed E-state index contributed by atoms with van der Waals surface area (Å²) >= 11 is 0. The molecule has 1 amide bonds. The molecule has 110 valence electrons. The summed E-state index contributed by atoms with van der Waals surface area (Å²) < 4.78 is 14.4. The minimum atomic E-state index is -0.379. The minimum Gasteiger partial charge on any atom is -0.346 e. The van der Waals surface area contributed by atoms with Gasteiger partial charge in [-0.1, -0.05) is 5.21 Å². The molecule has 7 heteroatoms. The number of hydrogen-bond acceptors (Lipinski definition) is 4. The van der Waals surface area contributed by atoms with E-state index in [2.05, 4.69) is 20.6 Å². The normalized spacial score (nSPS) is 10.4. The standard InChI is InChI=1S/C15H12FN5O/c16-12-5-3-11(4-6-12)15(22)18-8-13-10-21(20-19-13)14-2-1-7-17-9-14/h1-7,9-10H,8H2,(H,18,22). The number of hydrogen-bond donors (Lipinski definition) is 1. The lowest BCUT2D eigenvalue weighted by atomic mass is 10.2. The molecule has 0 aliphatic heterocycles. The lowest BCUT2D eigenvalue weighted by Crippen LogP contribution is -2.22. The van der Waals surface area contributed by atoms with E-state index in [1.165, 1.54) is 24.3 Å². The largest absolute Gasteiger partial charge is 0.346 e. The van der Waals surface area contributed by atoms with Gasteiger partial charge >= 0.3 is 0 Å². The Bertz CT molecular complexity index is 770. The molecule has 0 fully saturated rings. The first-order valence-corrected chi connectivity index (χ1v) is 6.58. The highest BCUT2D eigenvalue weighted by Crippen LogP contribution is 2.05. The van der Waals surface area contributed by atoms with Gasteiger partial charge in [0.15, 0.2) is 0 Å².